The number of hydrogen-bond acceptors (Lipinski definition) is 10. The number of aromatic amines is 2. The summed E-state index contributed by atoms with van der Waals surface area (Å²) in [4.78, 5) is 34.1. The van der Waals surface area contributed by atoms with Gasteiger partial charge in [-0.25, -0.2) is 4.79 Å². The Bertz CT molecular complexity index is 1680. The maximum atomic E-state index is 14.1. The van der Waals surface area contributed by atoms with Crippen LogP contribution in [0.5, 0.6) is 23.0 Å². The number of carbonyl (C=O) groups is 2. The summed E-state index contributed by atoms with van der Waals surface area (Å²) in [6.45, 7) is 1.97. The lowest BCUT2D eigenvalue weighted by Crippen LogP contribution is -2.30. The van der Waals surface area contributed by atoms with E-state index in [1.807, 2.05) is 0 Å². The number of amides is 1. The third-order valence-electron chi connectivity index (χ3n) is 7.49. The normalized spacial score (nSPS) is 14.2. The van der Waals surface area contributed by atoms with Crippen LogP contribution in [0.15, 0.2) is 24.3 Å². The fourth-order valence-corrected chi connectivity index (χ4v) is 5.67. The number of methoxy groups -OCH3 is 4. The van der Waals surface area contributed by atoms with Crippen LogP contribution in [0, 0.1) is 0 Å². The number of esters is 1. The lowest BCUT2D eigenvalue weighted by atomic mass is 9.98. The molecule has 5 rings (SSSR count). The number of nitrogens with one attached hydrogen (secondary N) is 2. The van der Waals surface area contributed by atoms with E-state index in [4.69, 9.17) is 44.8 Å². The molecular formula is C31H36ClN3O10. The molecule has 1 aliphatic rings. The van der Waals surface area contributed by atoms with Crippen molar-refractivity contribution >= 4 is 51.0 Å². The predicted molar refractivity (Wildman–Crippen MR) is 167 cm³/mol. The van der Waals surface area contributed by atoms with Gasteiger partial charge in [-0.1, -0.05) is 0 Å². The number of halogens is 1. The number of hydrogen-bond donors (Lipinski definition) is 3. The first-order valence-electron chi connectivity index (χ1n) is 14.3. The SMILES string of the molecule is COCCOc1cc2cc(C(=O)N3C[C@@H](CCl)c4c3cc(O)c3[nH]c(C(=O)OC)cc43)[nH]c2c(OCCOC)c1OCCOC. The molecule has 2 aromatic carbocycles. The molecule has 1 aliphatic heterocycles. The second-order valence-corrected chi connectivity index (χ2v) is 10.6. The summed E-state index contributed by atoms with van der Waals surface area (Å²) in [5.74, 6) is 0.0267. The molecule has 1 amide bonds. The molecule has 1 atom stereocenters. The van der Waals surface area contributed by atoms with Crippen LogP contribution in [0.25, 0.3) is 21.8 Å². The van der Waals surface area contributed by atoms with E-state index >= 15 is 0 Å². The van der Waals surface area contributed by atoms with Crippen LogP contribution in [-0.4, -0.2) is 107 Å². The number of H-pyrrole nitrogens is 2. The smallest absolute Gasteiger partial charge is 0.354 e. The Kier molecular flexibility index (Phi) is 10.2. The maximum absolute atomic E-state index is 14.1. The van der Waals surface area contributed by atoms with E-state index in [0.29, 0.717) is 64.6 Å². The van der Waals surface area contributed by atoms with Gasteiger partial charge < -0.3 is 53.1 Å². The van der Waals surface area contributed by atoms with Gasteiger partial charge in [-0.15, -0.1) is 11.6 Å². The third-order valence-corrected chi connectivity index (χ3v) is 7.86. The monoisotopic (exact) mass is 645 g/mol. The van der Waals surface area contributed by atoms with Crippen molar-refractivity contribution in [1.82, 2.24) is 9.97 Å². The summed E-state index contributed by atoms with van der Waals surface area (Å²) in [5.41, 5.74) is 2.58. The van der Waals surface area contributed by atoms with Crippen molar-refractivity contribution in [3.63, 3.8) is 0 Å². The minimum atomic E-state index is -0.578. The minimum absolute atomic E-state index is 0.117. The highest BCUT2D eigenvalue weighted by Crippen LogP contribution is 2.47. The third kappa shape index (κ3) is 6.34. The predicted octanol–water partition coefficient (Wildman–Crippen LogP) is 4.20. The lowest BCUT2D eigenvalue weighted by Gasteiger charge is -2.18. The molecule has 13 nitrogen and oxygen atoms in total. The van der Waals surface area contributed by atoms with Crippen molar-refractivity contribution in [2.45, 2.75) is 5.92 Å². The van der Waals surface area contributed by atoms with Crippen molar-refractivity contribution in [2.24, 2.45) is 0 Å². The van der Waals surface area contributed by atoms with Crippen molar-refractivity contribution in [2.75, 3.05) is 85.4 Å². The number of aromatic hydroxyl groups is 1. The molecule has 3 N–H and O–H groups in total. The summed E-state index contributed by atoms with van der Waals surface area (Å²) in [5, 5.41) is 12.1. The maximum Gasteiger partial charge on any atom is 0.354 e. The van der Waals surface area contributed by atoms with E-state index < -0.39 is 5.97 Å². The van der Waals surface area contributed by atoms with Crippen LogP contribution in [0.3, 0.4) is 0 Å². The highest BCUT2D eigenvalue weighted by molar-refractivity contribution is 6.19. The molecule has 0 bridgehead atoms. The van der Waals surface area contributed by atoms with E-state index in [-0.39, 0.29) is 61.2 Å². The number of ether oxygens (including phenoxy) is 7. The number of alkyl halides is 1. The Morgan fingerprint density at radius 2 is 1.49 bits per heavy atom. The number of rotatable bonds is 15. The molecule has 0 radical (unpaired) electrons. The minimum Gasteiger partial charge on any atom is -0.506 e. The van der Waals surface area contributed by atoms with Crippen LogP contribution < -0.4 is 19.1 Å². The molecule has 0 saturated heterocycles. The molecule has 242 valence electrons. The standard InChI is InChI=1S/C31H36ClN3O10/c1-39-5-8-43-24-12-17-11-20(33-26(17)29(45-10-7-41-3)28(24)44-9-6-40-2)30(37)35-16-18(15-32)25-19-13-21(31(38)42-4)34-27(19)23(36)14-22(25)35/h11-14,18,33-34,36H,5-10,15-16H2,1-4H3/t18-/m1/s1. The van der Waals surface area contributed by atoms with Gasteiger partial charge in [0.1, 0.15) is 37.0 Å². The zero-order chi connectivity index (χ0) is 32.1. The number of fused-ring (bicyclic) bond motifs is 4. The molecule has 0 unspecified atom stereocenters. The molecule has 3 heterocycles. The zero-order valence-corrected chi connectivity index (χ0v) is 26.2. The summed E-state index contributed by atoms with van der Waals surface area (Å²) in [6, 6.07) is 6.59. The first kappa shape index (κ1) is 32.2. The van der Waals surface area contributed by atoms with E-state index in [0.717, 1.165) is 5.56 Å². The quantitative estimate of drug-likeness (QED) is 0.0974. The van der Waals surface area contributed by atoms with Gasteiger partial charge in [0, 0.05) is 56.5 Å². The Labute approximate surface area is 264 Å². The number of phenols is 1. The molecule has 4 aromatic rings. The van der Waals surface area contributed by atoms with Crippen molar-refractivity contribution in [1.29, 1.82) is 0 Å². The highest BCUT2D eigenvalue weighted by Gasteiger charge is 2.36. The molecule has 0 aliphatic carbocycles. The molecule has 14 heteroatoms. The summed E-state index contributed by atoms with van der Waals surface area (Å²) in [7, 11) is 6.00. The van der Waals surface area contributed by atoms with E-state index in [2.05, 4.69) is 9.97 Å². The first-order chi connectivity index (χ1) is 21.9. The van der Waals surface area contributed by atoms with E-state index in [1.165, 1.54) is 13.2 Å². The van der Waals surface area contributed by atoms with E-state index in [1.54, 1.807) is 44.4 Å². The van der Waals surface area contributed by atoms with Crippen LogP contribution in [0.2, 0.25) is 0 Å². The van der Waals surface area contributed by atoms with Crippen LogP contribution in [0.4, 0.5) is 5.69 Å². The number of phenolic OH excluding ortho intramolecular Hbond substituents is 1. The summed E-state index contributed by atoms with van der Waals surface area (Å²) in [6.07, 6.45) is 0. The first-order valence-corrected chi connectivity index (χ1v) is 14.8. The van der Waals surface area contributed by atoms with Crippen molar-refractivity contribution in [3.8, 4) is 23.0 Å². The fourth-order valence-electron chi connectivity index (χ4n) is 5.42. The zero-order valence-electron chi connectivity index (χ0n) is 25.5. The largest absolute Gasteiger partial charge is 0.506 e. The van der Waals surface area contributed by atoms with Crippen LogP contribution >= 0.6 is 11.6 Å². The van der Waals surface area contributed by atoms with E-state index in [9.17, 15) is 14.7 Å². The Hall–Kier alpha value is -4.17. The second kappa shape index (κ2) is 14.3. The summed E-state index contributed by atoms with van der Waals surface area (Å²) >= 11 is 6.39. The van der Waals surface area contributed by atoms with Gasteiger partial charge >= 0.3 is 5.97 Å². The molecule has 45 heavy (non-hydrogen) atoms. The Balaban J connectivity index is 1.58. The van der Waals surface area contributed by atoms with Crippen molar-refractivity contribution in [3.05, 3.63) is 41.2 Å². The van der Waals surface area contributed by atoms with Gasteiger partial charge in [0.2, 0.25) is 5.75 Å². The van der Waals surface area contributed by atoms with Gasteiger partial charge in [0.15, 0.2) is 11.5 Å². The molecule has 0 spiro atoms. The van der Waals surface area contributed by atoms with Gasteiger partial charge in [0.25, 0.3) is 5.91 Å². The number of anilines is 1. The number of carbonyl (C=O) groups excluding carboxylic acids is 2. The molecular weight excluding hydrogens is 610 g/mol. The number of nitrogens with zero attached hydrogens (tertiary/aromatic N) is 1. The number of benzene rings is 2. The van der Waals surface area contributed by atoms with Gasteiger partial charge in [0.05, 0.1) is 43.7 Å². The fraction of sp³-hybridized carbons (Fsp3) is 0.419. The second-order valence-electron chi connectivity index (χ2n) is 10.3. The van der Waals surface area contributed by atoms with Crippen LogP contribution in [0.1, 0.15) is 32.5 Å². The van der Waals surface area contributed by atoms with Gasteiger partial charge in [-0.2, -0.15) is 0 Å². The molecule has 0 saturated carbocycles. The average Bonchev–Trinajstić information content (AvgIpc) is 3.77. The highest BCUT2D eigenvalue weighted by atomic mass is 35.5. The molecule has 0 fully saturated rings. The Morgan fingerprint density at radius 3 is 2.13 bits per heavy atom. The number of aromatic nitrogens is 2. The topological polar surface area (TPSA) is 154 Å². The average molecular weight is 646 g/mol. The molecule has 2 aromatic heterocycles. The van der Waals surface area contributed by atoms with Crippen molar-refractivity contribution < 1.29 is 47.9 Å². The lowest BCUT2D eigenvalue weighted by molar-refractivity contribution is 0.0595. The van der Waals surface area contributed by atoms with Crippen LogP contribution in [-0.2, 0) is 18.9 Å². The van der Waals surface area contributed by atoms with Gasteiger partial charge in [-0.3, -0.25) is 4.79 Å². The van der Waals surface area contributed by atoms with Gasteiger partial charge in [-0.05, 0) is 23.8 Å². The summed E-state index contributed by atoms with van der Waals surface area (Å²) < 4.78 is 38.5. The Morgan fingerprint density at radius 1 is 0.844 bits per heavy atom.